The lowest BCUT2D eigenvalue weighted by Gasteiger charge is -2.28. The van der Waals surface area contributed by atoms with Gasteiger partial charge in [-0.25, -0.2) is 0 Å². The van der Waals surface area contributed by atoms with Crippen molar-refractivity contribution >= 4 is 10.1 Å². The van der Waals surface area contributed by atoms with Crippen molar-refractivity contribution in [3.05, 3.63) is 27.8 Å². The van der Waals surface area contributed by atoms with Crippen LogP contribution >= 0.6 is 0 Å². The molecule has 1 aromatic rings. The summed E-state index contributed by atoms with van der Waals surface area (Å²) >= 11 is -0.661. The maximum absolute atomic E-state index is 12.3. The van der Waals surface area contributed by atoms with E-state index in [2.05, 4.69) is 21.0 Å². The molecule has 10 heteroatoms. The summed E-state index contributed by atoms with van der Waals surface area (Å²) < 4.78 is 77.8. The van der Waals surface area contributed by atoms with Crippen LogP contribution in [0, 0.1) is 19.3 Å². The average Bonchev–Trinajstić information content (AvgIpc) is 2.59. The molecule has 1 heterocycles. The largest absolute Gasteiger partial charge is 0.534 e. The van der Waals surface area contributed by atoms with Gasteiger partial charge in [0.15, 0.2) is 10.2 Å². The molecule has 1 aromatic carbocycles. The highest BCUT2D eigenvalue weighted by Crippen LogP contribution is 2.26. The number of alkyl halides is 3. The maximum atomic E-state index is 12.3. The molecule has 0 amide bonds. The van der Waals surface area contributed by atoms with Crippen LogP contribution in [0.4, 0.5) is 13.2 Å². The SMILES string of the molecule is C[C@@H]1CCCO[C@H]1OCCC#C[I+]c1ccc(OS(=O)(=O)C(F)(F)F)cc1. The Morgan fingerprint density at radius 3 is 2.63 bits per heavy atom. The first kappa shape index (κ1) is 22.3. The second kappa shape index (κ2) is 9.95. The van der Waals surface area contributed by atoms with E-state index in [0.717, 1.165) is 23.0 Å². The van der Waals surface area contributed by atoms with Gasteiger partial charge in [-0.2, -0.15) is 21.6 Å². The van der Waals surface area contributed by atoms with E-state index < -0.39 is 36.8 Å². The molecule has 1 saturated heterocycles. The van der Waals surface area contributed by atoms with E-state index in [4.69, 9.17) is 9.47 Å². The van der Waals surface area contributed by atoms with Gasteiger partial charge in [-0.05, 0) is 43.0 Å². The minimum absolute atomic E-state index is 0.171. The van der Waals surface area contributed by atoms with E-state index >= 15 is 0 Å². The van der Waals surface area contributed by atoms with E-state index in [1.165, 1.54) is 24.3 Å². The highest BCUT2D eigenvalue weighted by atomic mass is 127. The number of benzene rings is 1. The zero-order chi connectivity index (χ0) is 19.9. The summed E-state index contributed by atoms with van der Waals surface area (Å²) in [4.78, 5) is 0. The van der Waals surface area contributed by atoms with E-state index in [-0.39, 0.29) is 12.0 Å². The first-order valence-electron chi connectivity index (χ1n) is 8.15. The molecule has 2 atom stereocenters. The van der Waals surface area contributed by atoms with Crippen molar-refractivity contribution in [2.45, 2.75) is 38.0 Å². The number of hydrogen-bond donors (Lipinski definition) is 0. The van der Waals surface area contributed by atoms with E-state index in [1.807, 2.05) is 0 Å². The van der Waals surface area contributed by atoms with Crippen molar-refractivity contribution < 1.29 is 56.5 Å². The first-order valence-corrected chi connectivity index (χ1v) is 11.7. The molecular weight excluding hydrogens is 500 g/mol. The van der Waals surface area contributed by atoms with Crippen LogP contribution in [0.5, 0.6) is 5.75 Å². The molecule has 0 aromatic heterocycles. The molecule has 0 N–H and O–H groups in total. The Morgan fingerprint density at radius 2 is 2.00 bits per heavy atom. The van der Waals surface area contributed by atoms with Crippen LogP contribution in [-0.2, 0) is 19.6 Å². The Morgan fingerprint density at radius 1 is 1.30 bits per heavy atom. The Bertz CT molecular complexity index is 768. The molecule has 1 fully saturated rings. The third kappa shape index (κ3) is 7.14. The van der Waals surface area contributed by atoms with Crippen LogP contribution in [0.15, 0.2) is 24.3 Å². The van der Waals surface area contributed by atoms with Gasteiger partial charge in [-0.1, -0.05) is 6.92 Å². The van der Waals surface area contributed by atoms with Crippen molar-refractivity contribution in [3.8, 4) is 15.6 Å². The maximum Gasteiger partial charge on any atom is 0.534 e. The van der Waals surface area contributed by atoms with Gasteiger partial charge in [0.1, 0.15) is 5.75 Å². The van der Waals surface area contributed by atoms with Crippen molar-refractivity contribution in [3.63, 3.8) is 0 Å². The number of hydrogen-bond acceptors (Lipinski definition) is 5. The van der Waals surface area contributed by atoms with Gasteiger partial charge in [0.2, 0.25) is 3.57 Å². The molecule has 150 valence electrons. The third-order valence-electron chi connectivity index (χ3n) is 3.59. The summed E-state index contributed by atoms with van der Waals surface area (Å²) in [6, 6.07) is 5.39. The summed E-state index contributed by atoms with van der Waals surface area (Å²) in [5.41, 5.74) is -5.45. The van der Waals surface area contributed by atoms with Gasteiger partial charge in [-0.15, -0.1) is 0 Å². The van der Waals surface area contributed by atoms with E-state index in [1.54, 1.807) is 0 Å². The third-order valence-corrected chi connectivity index (χ3v) is 6.56. The molecule has 27 heavy (non-hydrogen) atoms. The molecule has 5 nitrogen and oxygen atoms in total. The van der Waals surface area contributed by atoms with Crippen LogP contribution in [0.25, 0.3) is 0 Å². The van der Waals surface area contributed by atoms with Gasteiger partial charge in [0.05, 0.1) is 6.61 Å². The Labute approximate surface area is 166 Å². The topological polar surface area (TPSA) is 61.8 Å². The lowest BCUT2D eigenvalue weighted by molar-refractivity contribution is -0.535. The first-order chi connectivity index (χ1) is 12.7. The fraction of sp³-hybridized carbons (Fsp3) is 0.529. The van der Waals surface area contributed by atoms with Gasteiger partial charge in [0.25, 0.3) is 0 Å². The second-order valence-electron chi connectivity index (χ2n) is 5.78. The van der Waals surface area contributed by atoms with Crippen molar-refractivity contribution in [2.75, 3.05) is 13.2 Å². The van der Waals surface area contributed by atoms with E-state index in [9.17, 15) is 21.6 Å². The Balaban J connectivity index is 1.75. The minimum atomic E-state index is -5.65. The Hall–Kier alpha value is -1.03. The fourth-order valence-electron chi connectivity index (χ4n) is 2.21. The number of rotatable bonds is 6. The lowest BCUT2D eigenvalue weighted by Crippen LogP contribution is -3.59. The van der Waals surface area contributed by atoms with Crippen LogP contribution in [-0.4, -0.2) is 33.4 Å². The molecule has 0 spiro atoms. The summed E-state index contributed by atoms with van der Waals surface area (Å²) in [5, 5.41) is 0. The predicted octanol–water partition coefficient (Wildman–Crippen LogP) is 0.314. The van der Waals surface area contributed by atoms with Gasteiger partial charge >= 0.3 is 36.8 Å². The predicted molar refractivity (Wildman–Crippen MR) is 87.2 cm³/mol. The molecule has 0 radical (unpaired) electrons. The molecule has 0 aliphatic carbocycles. The van der Waals surface area contributed by atoms with Crippen LogP contribution in [0.2, 0.25) is 0 Å². The van der Waals surface area contributed by atoms with Gasteiger partial charge < -0.3 is 13.7 Å². The average molecular weight is 519 g/mol. The monoisotopic (exact) mass is 519 g/mol. The molecule has 2 rings (SSSR count). The Kier molecular flexibility index (Phi) is 8.20. The van der Waals surface area contributed by atoms with Crippen LogP contribution in [0.1, 0.15) is 26.2 Å². The summed E-state index contributed by atoms with van der Waals surface area (Å²) in [7, 11) is -5.65. The van der Waals surface area contributed by atoms with Gasteiger partial charge in [0, 0.05) is 18.9 Å². The smallest absolute Gasteiger partial charge is 0.376 e. The molecular formula is C17H19F3IO5S+. The fourth-order valence-corrected chi connectivity index (χ4v) is 4.16. The van der Waals surface area contributed by atoms with Crippen LogP contribution in [0.3, 0.4) is 0 Å². The minimum Gasteiger partial charge on any atom is -0.376 e. The second-order valence-corrected chi connectivity index (χ2v) is 9.64. The van der Waals surface area contributed by atoms with Gasteiger partial charge in [-0.3, -0.25) is 0 Å². The lowest BCUT2D eigenvalue weighted by atomic mass is 10.0. The normalized spacial score (nSPS) is 20.6. The summed E-state index contributed by atoms with van der Waals surface area (Å²) in [6.07, 6.45) is 2.54. The zero-order valence-corrected chi connectivity index (χ0v) is 17.4. The van der Waals surface area contributed by atoms with Crippen molar-refractivity contribution in [2.24, 2.45) is 5.92 Å². The quantitative estimate of drug-likeness (QED) is 0.178. The number of ether oxygens (including phenoxy) is 2. The molecule has 1 aliphatic rings. The van der Waals surface area contributed by atoms with Crippen molar-refractivity contribution in [1.29, 1.82) is 0 Å². The van der Waals surface area contributed by atoms with Crippen molar-refractivity contribution in [1.82, 2.24) is 0 Å². The molecule has 0 saturated carbocycles. The summed E-state index contributed by atoms with van der Waals surface area (Å²) in [5.74, 6) is 2.99. The standard InChI is InChI=1S/C17H19F3IO5S/c1-13-5-4-12-25-16(13)24-11-3-2-10-21-14-6-8-15(9-7-14)26-27(22,23)17(18,19)20/h6-9,13,16H,3-5,11-12H2,1H3/q+1/t13-,16-/m1/s1. The van der Waals surface area contributed by atoms with E-state index in [0.29, 0.717) is 18.9 Å². The summed E-state index contributed by atoms with van der Waals surface area (Å²) in [6.45, 7) is 3.29. The molecule has 1 aliphatic heterocycles. The van der Waals surface area contributed by atoms with Crippen LogP contribution < -0.4 is 25.4 Å². The molecule has 0 bridgehead atoms. The zero-order valence-electron chi connectivity index (χ0n) is 14.5. The highest BCUT2D eigenvalue weighted by molar-refractivity contribution is 7.88. The number of halogens is 4. The molecule has 0 unspecified atom stereocenters. The highest BCUT2D eigenvalue weighted by Gasteiger charge is 2.48.